The molecule has 4 unspecified atom stereocenters. The zero-order chi connectivity index (χ0) is 25.4. The van der Waals surface area contributed by atoms with Crippen LogP contribution in [0.15, 0.2) is 11.1 Å². The van der Waals surface area contributed by atoms with Crippen LogP contribution in [0.5, 0.6) is 0 Å². The number of aromatic nitrogens is 3. The molecule has 1 aliphatic heterocycles. The van der Waals surface area contributed by atoms with E-state index in [0.29, 0.717) is 0 Å². The monoisotopic (exact) mass is 554 g/mol. The summed E-state index contributed by atoms with van der Waals surface area (Å²) < 4.78 is 52.7. The molecule has 33 heavy (non-hydrogen) atoms. The van der Waals surface area contributed by atoms with E-state index in [1.165, 1.54) is 0 Å². The molecule has 1 aromatic heterocycles. The number of phosphoric acid groups is 3. The van der Waals surface area contributed by atoms with Crippen LogP contribution in [0, 0.1) is 18.3 Å². The van der Waals surface area contributed by atoms with E-state index in [0.717, 1.165) is 17.8 Å². The summed E-state index contributed by atoms with van der Waals surface area (Å²) in [5.41, 5.74) is 4.35. The molecule has 1 saturated heterocycles. The number of aliphatic hydroxyl groups excluding tert-OH is 1. The van der Waals surface area contributed by atoms with Gasteiger partial charge in [0, 0.05) is 5.92 Å². The van der Waals surface area contributed by atoms with Gasteiger partial charge in [-0.05, 0) is 6.92 Å². The van der Waals surface area contributed by atoms with Gasteiger partial charge in [0.1, 0.15) is 6.33 Å². The number of hydrogen-bond donors (Lipinski definition) is 6. The van der Waals surface area contributed by atoms with Gasteiger partial charge in [-0.1, -0.05) is 17.5 Å². The third kappa shape index (κ3) is 6.68. The summed E-state index contributed by atoms with van der Waals surface area (Å²) in [6, 6.07) is 0. The van der Waals surface area contributed by atoms with Crippen molar-refractivity contribution < 1.29 is 56.3 Å². The Morgan fingerprint density at radius 3 is 2.42 bits per heavy atom. The van der Waals surface area contributed by atoms with Crippen molar-refractivity contribution in [3.8, 4) is 12.3 Å². The zero-order valence-electron chi connectivity index (χ0n) is 16.3. The summed E-state index contributed by atoms with van der Waals surface area (Å²) in [7, 11) is -16.9. The van der Waals surface area contributed by atoms with Gasteiger partial charge >= 0.3 is 29.2 Å². The van der Waals surface area contributed by atoms with E-state index >= 15 is 0 Å². The molecule has 1 aliphatic rings. The second-order valence-electron chi connectivity index (χ2n) is 6.46. The van der Waals surface area contributed by atoms with Crippen molar-refractivity contribution >= 4 is 41.0 Å². The molecule has 0 saturated carbocycles. The Hall–Kier alpha value is -1.21. The highest BCUT2D eigenvalue weighted by Crippen LogP contribution is 2.67. The molecule has 1 aromatic rings. The first-order chi connectivity index (χ1) is 14.9. The van der Waals surface area contributed by atoms with E-state index in [2.05, 4.69) is 24.5 Å². The fourth-order valence-electron chi connectivity index (χ4n) is 2.97. The number of alkyl halides is 1. The summed E-state index contributed by atoms with van der Waals surface area (Å²) in [6.07, 6.45) is 1.83. The quantitative estimate of drug-likeness (QED) is 0.122. The van der Waals surface area contributed by atoms with E-state index in [4.69, 9.17) is 42.8 Å². The molecule has 0 amide bonds. The topological polar surface area (TPSA) is 263 Å². The van der Waals surface area contributed by atoms with Crippen LogP contribution in [-0.2, 0) is 31.6 Å². The first-order valence-corrected chi connectivity index (χ1v) is 13.3. The highest BCUT2D eigenvalue weighted by atomic mass is 35.5. The lowest BCUT2D eigenvalue weighted by atomic mass is 9.87. The molecule has 0 aliphatic carbocycles. The van der Waals surface area contributed by atoms with Crippen LogP contribution < -0.4 is 11.4 Å². The lowest BCUT2D eigenvalue weighted by Gasteiger charge is -2.28. The molecule has 0 radical (unpaired) electrons. The minimum atomic E-state index is -5.77. The van der Waals surface area contributed by atoms with Crippen molar-refractivity contribution in [3.63, 3.8) is 0 Å². The van der Waals surface area contributed by atoms with Crippen LogP contribution in [0.25, 0.3) is 0 Å². The number of phosphoric ester groups is 1. The highest BCUT2D eigenvalue weighted by Gasteiger charge is 2.58. The van der Waals surface area contributed by atoms with Crippen LogP contribution in [0.1, 0.15) is 13.2 Å². The van der Waals surface area contributed by atoms with Crippen LogP contribution in [0.3, 0.4) is 0 Å². The Kier molecular flexibility index (Phi) is 8.33. The van der Waals surface area contributed by atoms with Gasteiger partial charge in [0.25, 0.3) is 0 Å². The van der Waals surface area contributed by atoms with Gasteiger partial charge in [-0.15, -0.1) is 6.42 Å². The Labute approximate surface area is 189 Å². The van der Waals surface area contributed by atoms with E-state index in [9.17, 15) is 33.4 Å². The van der Waals surface area contributed by atoms with Crippen LogP contribution >= 0.6 is 35.1 Å². The molecule has 7 N–H and O–H groups in total. The standard InChI is InChI=1S/C12H18ClN4O13P3/c1-3-12(13)7(4-18)8(27-9(12)17-5-15-10(14)16-11(17)19)6(2)28-32(23,24)30-33(25,26)29-31(20,21)22/h1,5-9,18H,4H2,2H3,(H,23,24)(H,25,26)(H2,14,16,19)(H2,20,21,22)/t6-,7?,8+,9+,12?/m0/s1. The Morgan fingerprint density at radius 2 is 1.94 bits per heavy atom. The second kappa shape index (κ2) is 9.80. The van der Waals surface area contributed by atoms with Crippen molar-refractivity contribution in [2.24, 2.45) is 5.92 Å². The molecule has 1 fully saturated rings. The number of aliphatic hydroxyl groups is 1. The summed E-state index contributed by atoms with van der Waals surface area (Å²) in [5, 5.41) is 9.83. The summed E-state index contributed by atoms with van der Waals surface area (Å²) in [5.74, 6) is 0.536. The van der Waals surface area contributed by atoms with Gasteiger partial charge in [-0.25, -0.2) is 23.5 Å². The molecule has 0 aromatic carbocycles. The third-order valence-electron chi connectivity index (χ3n) is 4.18. The minimum Gasteiger partial charge on any atom is -0.396 e. The summed E-state index contributed by atoms with van der Waals surface area (Å²) in [6.45, 7) is 0.299. The van der Waals surface area contributed by atoms with Crippen LogP contribution in [0.4, 0.5) is 5.95 Å². The second-order valence-corrected chi connectivity index (χ2v) is 11.5. The normalized spacial score (nSPS) is 30.2. The van der Waals surface area contributed by atoms with E-state index in [1.54, 1.807) is 0 Å². The van der Waals surface area contributed by atoms with Crippen molar-refractivity contribution in [3.05, 3.63) is 16.8 Å². The smallest absolute Gasteiger partial charge is 0.396 e. The number of ether oxygens (including phenoxy) is 1. The molecule has 7 atom stereocenters. The number of hydrogen-bond acceptors (Lipinski definition) is 12. The minimum absolute atomic E-state index is 0.369. The molecule has 2 rings (SSSR count). The summed E-state index contributed by atoms with van der Waals surface area (Å²) in [4.78, 5) is 53.4. The molecule has 0 bridgehead atoms. The maximum absolute atomic E-state index is 12.2. The molecule has 21 heteroatoms. The fraction of sp³-hybridized carbons (Fsp3) is 0.583. The first kappa shape index (κ1) is 28.0. The number of rotatable bonds is 9. The van der Waals surface area contributed by atoms with Crippen LogP contribution in [-0.4, -0.2) is 62.9 Å². The fourth-order valence-corrected chi connectivity index (χ4v) is 6.52. The third-order valence-corrected chi connectivity index (χ3v) is 8.68. The van der Waals surface area contributed by atoms with E-state index < -0.39 is 65.0 Å². The Balaban J connectivity index is 2.32. The van der Waals surface area contributed by atoms with Gasteiger partial charge in [-0.3, -0.25) is 9.09 Å². The lowest BCUT2D eigenvalue weighted by Crippen LogP contribution is -2.42. The molecule has 2 heterocycles. The number of nitrogens with zero attached hydrogens (tertiary/aromatic N) is 3. The Morgan fingerprint density at radius 1 is 1.33 bits per heavy atom. The number of terminal acetylenes is 1. The van der Waals surface area contributed by atoms with E-state index in [-0.39, 0.29) is 5.95 Å². The maximum atomic E-state index is 12.2. The van der Waals surface area contributed by atoms with Gasteiger partial charge in [0.15, 0.2) is 11.1 Å². The number of anilines is 1. The van der Waals surface area contributed by atoms with Crippen LogP contribution in [0.2, 0.25) is 0 Å². The summed E-state index contributed by atoms with van der Waals surface area (Å²) >= 11 is 6.45. The Bertz CT molecular complexity index is 1140. The average molecular weight is 555 g/mol. The largest absolute Gasteiger partial charge is 0.490 e. The number of nitrogen functional groups attached to an aromatic ring is 1. The molecule has 186 valence electrons. The highest BCUT2D eigenvalue weighted by molar-refractivity contribution is 7.66. The molecule has 17 nitrogen and oxygen atoms in total. The lowest BCUT2D eigenvalue weighted by molar-refractivity contribution is -0.0669. The van der Waals surface area contributed by atoms with Gasteiger partial charge < -0.3 is 35.2 Å². The predicted molar refractivity (Wildman–Crippen MR) is 107 cm³/mol. The van der Waals surface area contributed by atoms with Gasteiger partial charge in [-0.2, -0.15) is 13.6 Å². The molecular formula is C12H18ClN4O13P3. The average Bonchev–Trinajstić information content (AvgIpc) is 2.91. The van der Waals surface area contributed by atoms with Crippen molar-refractivity contribution in [1.29, 1.82) is 0 Å². The van der Waals surface area contributed by atoms with E-state index in [1.807, 2.05) is 0 Å². The molecule has 0 spiro atoms. The SMILES string of the molecule is C#CC1(Cl)C(CO)[C@@H]([C@H](C)OP(=O)(O)OP(=O)(O)OP(=O)(O)O)O[C@H]1n1cnc(N)nc1=O. The first-order valence-electron chi connectivity index (χ1n) is 8.40. The number of halogens is 1. The van der Waals surface area contributed by atoms with Crippen molar-refractivity contribution in [1.82, 2.24) is 14.5 Å². The zero-order valence-corrected chi connectivity index (χ0v) is 19.8. The maximum Gasteiger partial charge on any atom is 0.490 e. The number of nitrogens with two attached hydrogens (primary N) is 1. The van der Waals surface area contributed by atoms with Crippen molar-refractivity contribution in [2.75, 3.05) is 12.3 Å². The van der Waals surface area contributed by atoms with Gasteiger partial charge in [0.05, 0.1) is 18.8 Å². The van der Waals surface area contributed by atoms with Gasteiger partial charge in [0.2, 0.25) is 5.95 Å². The van der Waals surface area contributed by atoms with Crippen molar-refractivity contribution in [2.45, 2.75) is 30.2 Å². The molecular weight excluding hydrogens is 537 g/mol. The predicted octanol–water partition coefficient (Wildman–Crippen LogP) is -0.931.